The number of ether oxygens (including phenoxy) is 1. The number of nitrogens with zero attached hydrogens (tertiary/aromatic N) is 2. The lowest BCUT2D eigenvalue weighted by molar-refractivity contribution is 0.467. The summed E-state index contributed by atoms with van der Waals surface area (Å²) < 4.78 is 18.8. The van der Waals surface area contributed by atoms with Gasteiger partial charge in [-0.05, 0) is 36.8 Å². The van der Waals surface area contributed by atoms with Gasteiger partial charge in [-0.1, -0.05) is 6.92 Å². The molecule has 0 bridgehead atoms. The van der Waals surface area contributed by atoms with Crippen molar-refractivity contribution in [1.82, 2.24) is 9.97 Å². The van der Waals surface area contributed by atoms with Crippen LogP contribution in [0.2, 0.25) is 0 Å². The molecular formula is C15H14FN3OS. The molecule has 0 amide bonds. The van der Waals surface area contributed by atoms with Crippen LogP contribution in [-0.4, -0.2) is 17.0 Å². The highest BCUT2D eigenvalue weighted by Crippen LogP contribution is 2.34. The molecule has 0 unspecified atom stereocenters. The average Bonchev–Trinajstić information content (AvgIpc) is 2.92. The van der Waals surface area contributed by atoms with Crippen molar-refractivity contribution in [2.45, 2.75) is 13.3 Å². The fraction of sp³-hybridized carbons (Fsp3) is 0.200. The third kappa shape index (κ3) is 2.80. The molecule has 0 aliphatic carbocycles. The van der Waals surface area contributed by atoms with Crippen molar-refractivity contribution in [1.29, 1.82) is 0 Å². The number of aromatic nitrogens is 2. The number of hydrogen-bond donors (Lipinski definition) is 1. The van der Waals surface area contributed by atoms with Gasteiger partial charge in [-0.2, -0.15) is 4.98 Å². The molecule has 1 aromatic carbocycles. The lowest BCUT2D eigenvalue weighted by Gasteiger charge is -2.07. The summed E-state index contributed by atoms with van der Waals surface area (Å²) in [4.78, 5) is 10.9. The van der Waals surface area contributed by atoms with Gasteiger partial charge in [-0.15, -0.1) is 11.3 Å². The van der Waals surface area contributed by atoms with Crippen molar-refractivity contribution < 1.29 is 9.13 Å². The van der Waals surface area contributed by atoms with Crippen LogP contribution in [0.3, 0.4) is 0 Å². The van der Waals surface area contributed by atoms with Crippen LogP contribution in [0.1, 0.15) is 11.8 Å². The molecule has 0 saturated heterocycles. The topological polar surface area (TPSA) is 47.0 Å². The Morgan fingerprint density at radius 1 is 1.24 bits per heavy atom. The molecule has 1 N–H and O–H groups in total. The molecule has 3 aromatic rings. The van der Waals surface area contributed by atoms with E-state index in [2.05, 4.69) is 22.2 Å². The highest BCUT2D eigenvalue weighted by atomic mass is 32.1. The maximum atomic E-state index is 13.0. The fourth-order valence-electron chi connectivity index (χ4n) is 1.92. The summed E-state index contributed by atoms with van der Waals surface area (Å²) in [6.45, 7) is 2.09. The number of halogens is 1. The van der Waals surface area contributed by atoms with E-state index in [1.165, 1.54) is 17.0 Å². The number of aryl methyl sites for hydroxylation is 1. The van der Waals surface area contributed by atoms with E-state index in [1.807, 2.05) is 6.07 Å². The summed E-state index contributed by atoms with van der Waals surface area (Å²) in [6.07, 6.45) is 0.936. The Morgan fingerprint density at radius 2 is 2.00 bits per heavy atom. The lowest BCUT2D eigenvalue weighted by Crippen LogP contribution is -1.98. The molecule has 2 heterocycles. The Morgan fingerprint density at radius 3 is 2.67 bits per heavy atom. The largest absolute Gasteiger partial charge is 0.438 e. The van der Waals surface area contributed by atoms with E-state index in [0.717, 1.165) is 16.6 Å². The second-order valence-corrected chi connectivity index (χ2v) is 5.56. The van der Waals surface area contributed by atoms with Gasteiger partial charge >= 0.3 is 0 Å². The number of nitrogens with one attached hydrogen (secondary N) is 1. The molecule has 0 fully saturated rings. The second kappa shape index (κ2) is 5.65. The van der Waals surface area contributed by atoms with E-state index in [-0.39, 0.29) is 5.82 Å². The molecule has 21 heavy (non-hydrogen) atoms. The first-order chi connectivity index (χ1) is 10.2. The Bertz CT molecular complexity index is 770. The van der Waals surface area contributed by atoms with Gasteiger partial charge in [0.15, 0.2) is 0 Å². The highest BCUT2D eigenvalue weighted by molar-refractivity contribution is 7.18. The predicted octanol–water partition coefficient (Wildman–Crippen LogP) is 4.23. The van der Waals surface area contributed by atoms with Crippen LogP contribution in [0, 0.1) is 5.82 Å². The molecule has 0 spiro atoms. The summed E-state index contributed by atoms with van der Waals surface area (Å²) in [7, 11) is 1.76. The van der Waals surface area contributed by atoms with Crippen LogP contribution in [-0.2, 0) is 6.42 Å². The van der Waals surface area contributed by atoms with E-state index in [4.69, 9.17) is 4.74 Å². The van der Waals surface area contributed by atoms with Crippen LogP contribution in [0.25, 0.3) is 10.2 Å². The smallest absolute Gasteiger partial charge is 0.232 e. The average molecular weight is 303 g/mol. The summed E-state index contributed by atoms with van der Waals surface area (Å²) in [5.41, 5.74) is 0. The van der Waals surface area contributed by atoms with E-state index in [0.29, 0.717) is 17.6 Å². The van der Waals surface area contributed by atoms with Gasteiger partial charge in [-0.3, -0.25) is 0 Å². The van der Waals surface area contributed by atoms with Gasteiger partial charge in [0.25, 0.3) is 0 Å². The molecule has 0 radical (unpaired) electrons. The Labute approximate surface area is 125 Å². The zero-order valence-corrected chi connectivity index (χ0v) is 12.5. The summed E-state index contributed by atoms with van der Waals surface area (Å²) in [6, 6.07) is 7.92. The van der Waals surface area contributed by atoms with Crippen LogP contribution in [0.15, 0.2) is 30.3 Å². The zero-order valence-electron chi connectivity index (χ0n) is 11.7. The lowest BCUT2D eigenvalue weighted by atomic mass is 10.3. The van der Waals surface area contributed by atoms with Crippen LogP contribution < -0.4 is 10.1 Å². The van der Waals surface area contributed by atoms with Crippen LogP contribution >= 0.6 is 11.3 Å². The molecule has 0 aliphatic rings. The van der Waals surface area contributed by atoms with Gasteiger partial charge in [0.2, 0.25) is 11.8 Å². The van der Waals surface area contributed by atoms with Crippen LogP contribution in [0.4, 0.5) is 10.3 Å². The van der Waals surface area contributed by atoms with Gasteiger partial charge in [0.1, 0.15) is 16.4 Å². The van der Waals surface area contributed by atoms with E-state index in [9.17, 15) is 4.39 Å². The quantitative estimate of drug-likeness (QED) is 0.783. The minimum Gasteiger partial charge on any atom is -0.438 e. The molecule has 0 aliphatic heterocycles. The minimum atomic E-state index is -0.296. The zero-order chi connectivity index (χ0) is 14.8. The molecule has 108 valence electrons. The molecule has 0 saturated carbocycles. The van der Waals surface area contributed by atoms with Crippen molar-refractivity contribution in [3.05, 3.63) is 41.0 Å². The predicted molar refractivity (Wildman–Crippen MR) is 82.8 cm³/mol. The molecule has 3 rings (SSSR count). The van der Waals surface area contributed by atoms with Crippen molar-refractivity contribution >= 4 is 27.5 Å². The van der Waals surface area contributed by atoms with E-state index >= 15 is 0 Å². The van der Waals surface area contributed by atoms with Gasteiger partial charge in [0, 0.05) is 11.9 Å². The monoisotopic (exact) mass is 303 g/mol. The van der Waals surface area contributed by atoms with Crippen molar-refractivity contribution in [3.63, 3.8) is 0 Å². The number of rotatable bonds is 4. The van der Waals surface area contributed by atoms with Gasteiger partial charge in [-0.25, -0.2) is 9.37 Å². The number of anilines is 1. The first-order valence-electron chi connectivity index (χ1n) is 6.61. The maximum absolute atomic E-state index is 13.0. The number of benzene rings is 1. The molecule has 4 nitrogen and oxygen atoms in total. The number of thiophene rings is 1. The number of hydrogen-bond acceptors (Lipinski definition) is 5. The van der Waals surface area contributed by atoms with Gasteiger partial charge in [0.05, 0.1) is 5.39 Å². The normalized spacial score (nSPS) is 10.8. The molecule has 6 heteroatoms. The SMILES string of the molecule is CCc1cc2c(Oc3ccc(F)cc3)nc(NC)nc2s1. The minimum absolute atomic E-state index is 0.296. The standard InChI is InChI=1S/C15H14FN3OS/c1-3-11-8-12-13(18-15(17-2)19-14(12)21-11)20-10-6-4-9(16)5-7-10/h4-8H,3H2,1-2H3,(H,17,18,19). The van der Waals surface area contributed by atoms with Gasteiger partial charge < -0.3 is 10.1 Å². The first-order valence-corrected chi connectivity index (χ1v) is 7.43. The molecular weight excluding hydrogens is 289 g/mol. The van der Waals surface area contributed by atoms with Crippen molar-refractivity contribution in [2.75, 3.05) is 12.4 Å². The maximum Gasteiger partial charge on any atom is 0.232 e. The van der Waals surface area contributed by atoms with Crippen molar-refractivity contribution in [2.24, 2.45) is 0 Å². The Hall–Kier alpha value is -2.21. The Balaban J connectivity index is 2.06. The van der Waals surface area contributed by atoms with Crippen LogP contribution in [0.5, 0.6) is 11.6 Å². The highest BCUT2D eigenvalue weighted by Gasteiger charge is 2.13. The summed E-state index contributed by atoms with van der Waals surface area (Å²) >= 11 is 1.62. The molecule has 0 atom stereocenters. The fourth-order valence-corrected chi connectivity index (χ4v) is 2.88. The summed E-state index contributed by atoms with van der Waals surface area (Å²) in [5.74, 6) is 1.23. The third-order valence-corrected chi connectivity index (χ3v) is 4.18. The number of fused-ring (bicyclic) bond motifs is 1. The van der Waals surface area contributed by atoms with E-state index in [1.54, 1.807) is 30.5 Å². The Kier molecular flexibility index (Phi) is 3.70. The van der Waals surface area contributed by atoms with E-state index < -0.39 is 0 Å². The molecule has 2 aromatic heterocycles. The second-order valence-electron chi connectivity index (χ2n) is 4.44. The first kappa shape index (κ1) is 13.8. The third-order valence-electron chi connectivity index (χ3n) is 3.01. The summed E-state index contributed by atoms with van der Waals surface area (Å²) in [5, 5.41) is 3.80. The van der Waals surface area contributed by atoms with Crippen molar-refractivity contribution in [3.8, 4) is 11.6 Å².